The number of hydrogen-bond acceptors (Lipinski definition) is 4. The van der Waals surface area contributed by atoms with Crippen LogP contribution in [0.1, 0.15) is 16.1 Å². The number of fused-ring (bicyclic) bond motifs is 2. The van der Waals surface area contributed by atoms with E-state index in [0.717, 1.165) is 33.2 Å². The van der Waals surface area contributed by atoms with Crippen molar-refractivity contribution >= 4 is 27.7 Å². The molecule has 142 valence electrons. The van der Waals surface area contributed by atoms with Gasteiger partial charge in [-0.1, -0.05) is 0 Å². The molecule has 0 aliphatic heterocycles. The van der Waals surface area contributed by atoms with Crippen molar-refractivity contribution in [2.24, 2.45) is 7.05 Å². The fourth-order valence-electron chi connectivity index (χ4n) is 3.46. The molecule has 2 heterocycles. The van der Waals surface area contributed by atoms with E-state index < -0.39 is 0 Å². The molecule has 0 bridgehead atoms. The van der Waals surface area contributed by atoms with Crippen LogP contribution in [0.4, 0.5) is 0 Å². The van der Waals surface area contributed by atoms with E-state index in [4.69, 9.17) is 9.47 Å². The van der Waals surface area contributed by atoms with Gasteiger partial charge < -0.3 is 19.4 Å². The van der Waals surface area contributed by atoms with Crippen molar-refractivity contribution in [3.8, 4) is 17.2 Å². The number of nitrogens with one attached hydrogen (secondary N) is 1. The molecule has 0 unspecified atom stereocenters. The van der Waals surface area contributed by atoms with Gasteiger partial charge in [0.2, 0.25) is 0 Å². The van der Waals surface area contributed by atoms with Gasteiger partial charge in [0.15, 0.2) is 0 Å². The molecule has 6 nitrogen and oxygen atoms in total. The second kappa shape index (κ2) is 6.88. The van der Waals surface area contributed by atoms with Crippen LogP contribution in [0.2, 0.25) is 0 Å². The van der Waals surface area contributed by atoms with Gasteiger partial charge in [0.1, 0.15) is 17.2 Å². The number of benzene rings is 2. The van der Waals surface area contributed by atoms with E-state index >= 15 is 0 Å². The molecule has 0 fully saturated rings. The van der Waals surface area contributed by atoms with Gasteiger partial charge in [0.05, 0.1) is 23.7 Å². The quantitative estimate of drug-likeness (QED) is 0.581. The first-order valence-corrected chi connectivity index (χ1v) is 8.95. The summed E-state index contributed by atoms with van der Waals surface area (Å²) in [6, 6.07) is 13.3. The number of methoxy groups -OCH3 is 1. The van der Waals surface area contributed by atoms with Crippen LogP contribution in [0.3, 0.4) is 0 Å². The van der Waals surface area contributed by atoms with Crippen LogP contribution in [-0.4, -0.2) is 29.6 Å². The summed E-state index contributed by atoms with van der Waals surface area (Å²) in [6.45, 7) is 1.94. The third kappa shape index (κ3) is 2.83. The molecule has 0 aliphatic carbocycles. The summed E-state index contributed by atoms with van der Waals surface area (Å²) in [7, 11) is 5.22. The summed E-state index contributed by atoms with van der Waals surface area (Å²) in [6.07, 6.45) is 1.71. The number of carbonyl (C=O) groups excluding carboxylic acids is 1. The Morgan fingerprint density at radius 3 is 2.57 bits per heavy atom. The number of aryl methyl sites for hydroxylation is 1. The van der Waals surface area contributed by atoms with E-state index in [-0.39, 0.29) is 5.91 Å². The number of amides is 1. The van der Waals surface area contributed by atoms with Crippen LogP contribution < -0.4 is 14.8 Å². The molecule has 0 radical (unpaired) electrons. The minimum Gasteiger partial charge on any atom is -0.497 e. The molecule has 0 aliphatic rings. The zero-order valence-electron chi connectivity index (χ0n) is 16.2. The highest BCUT2D eigenvalue weighted by Gasteiger charge is 2.18. The Labute approximate surface area is 162 Å². The maximum atomic E-state index is 12.3. The first-order valence-electron chi connectivity index (χ1n) is 8.95. The van der Waals surface area contributed by atoms with E-state index in [9.17, 15) is 4.79 Å². The van der Waals surface area contributed by atoms with E-state index in [1.165, 1.54) is 0 Å². The normalized spacial score (nSPS) is 11.0. The Morgan fingerprint density at radius 1 is 1.07 bits per heavy atom. The predicted octanol–water partition coefficient (Wildman–Crippen LogP) is 4.20. The van der Waals surface area contributed by atoms with E-state index in [1.807, 2.05) is 61.0 Å². The standard InChI is InChI=1S/C22H21N3O3/c1-13-21(22(26)23-2)17-8-6-15(12-19(17)25(13)3)28-20-9-10-24-18-11-14(27-4)5-7-16(18)20/h5-12H,1-4H3,(H,23,26). The molecule has 0 saturated heterocycles. The van der Waals surface area contributed by atoms with Gasteiger partial charge in [-0.05, 0) is 37.3 Å². The number of nitrogens with zero attached hydrogens (tertiary/aromatic N) is 2. The van der Waals surface area contributed by atoms with Gasteiger partial charge in [0.25, 0.3) is 5.91 Å². The first kappa shape index (κ1) is 17.9. The molecule has 0 atom stereocenters. The highest BCUT2D eigenvalue weighted by atomic mass is 16.5. The van der Waals surface area contributed by atoms with Crippen molar-refractivity contribution < 1.29 is 14.3 Å². The lowest BCUT2D eigenvalue weighted by Gasteiger charge is -2.10. The Bertz CT molecular complexity index is 1210. The Hall–Kier alpha value is -3.54. The van der Waals surface area contributed by atoms with Crippen LogP contribution in [0.5, 0.6) is 17.2 Å². The second-order valence-electron chi connectivity index (χ2n) is 6.57. The molecule has 0 saturated carbocycles. The molecule has 2 aromatic heterocycles. The number of carbonyl (C=O) groups is 1. The Morgan fingerprint density at radius 2 is 1.82 bits per heavy atom. The van der Waals surface area contributed by atoms with Gasteiger partial charge >= 0.3 is 0 Å². The van der Waals surface area contributed by atoms with Gasteiger partial charge in [-0.3, -0.25) is 9.78 Å². The van der Waals surface area contributed by atoms with E-state index in [1.54, 1.807) is 20.4 Å². The average Bonchev–Trinajstić information content (AvgIpc) is 2.97. The lowest BCUT2D eigenvalue weighted by atomic mass is 10.1. The fourth-order valence-corrected chi connectivity index (χ4v) is 3.46. The predicted molar refractivity (Wildman–Crippen MR) is 109 cm³/mol. The topological polar surface area (TPSA) is 65.4 Å². The molecule has 6 heteroatoms. The summed E-state index contributed by atoms with van der Waals surface area (Å²) in [5, 5.41) is 4.51. The first-order chi connectivity index (χ1) is 13.5. The third-order valence-corrected chi connectivity index (χ3v) is 5.06. The maximum absolute atomic E-state index is 12.3. The maximum Gasteiger partial charge on any atom is 0.253 e. The summed E-state index contributed by atoms with van der Waals surface area (Å²) < 4.78 is 13.4. The smallest absolute Gasteiger partial charge is 0.253 e. The van der Waals surface area contributed by atoms with Crippen molar-refractivity contribution in [3.63, 3.8) is 0 Å². The van der Waals surface area contributed by atoms with Crippen LogP contribution in [0, 0.1) is 6.92 Å². The molecular formula is C22H21N3O3. The third-order valence-electron chi connectivity index (χ3n) is 5.06. The van der Waals surface area contributed by atoms with Gasteiger partial charge in [-0.25, -0.2) is 0 Å². The zero-order chi connectivity index (χ0) is 19.8. The van der Waals surface area contributed by atoms with Crippen molar-refractivity contribution in [2.45, 2.75) is 6.92 Å². The van der Waals surface area contributed by atoms with Crippen molar-refractivity contribution in [1.82, 2.24) is 14.9 Å². The van der Waals surface area contributed by atoms with Crippen molar-refractivity contribution in [1.29, 1.82) is 0 Å². The number of aromatic nitrogens is 2. The molecule has 4 rings (SSSR count). The molecular weight excluding hydrogens is 354 g/mol. The SMILES string of the molecule is CNC(=O)c1c(C)n(C)c2cc(Oc3ccnc4cc(OC)ccc34)ccc12. The van der Waals surface area contributed by atoms with E-state index in [0.29, 0.717) is 17.1 Å². The van der Waals surface area contributed by atoms with Gasteiger partial charge in [-0.2, -0.15) is 0 Å². The van der Waals surface area contributed by atoms with Gasteiger partial charge in [0, 0.05) is 48.9 Å². The minimum absolute atomic E-state index is 0.0918. The number of rotatable bonds is 4. The number of pyridine rings is 1. The monoisotopic (exact) mass is 375 g/mol. The summed E-state index contributed by atoms with van der Waals surface area (Å²) in [5.41, 5.74) is 3.34. The molecule has 4 aromatic rings. The number of hydrogen-bond donors (Lipinski definition) is 1. The Balaban J connectivity index is 1.78. The molecule has 0 spiro atoms. The number of ether oxygens (including phenoxy) is 2. The van der Waals surface area contributed by atoms with Crippen LogP contribution >= 0.6 is 0 Å². The highest BCUT2D eigenvalue weighted by molar-refractivity contribution is 6.08. The highest BCUT2D eigenvalue weighted by Crippen LogP contribution is 2.33. The van der Waals surface area contributed by atoms with Gasteiger partial charge in [-0.15, -0.1) is 0 Å². The summed E-state index contributed by atoms with van der Waals surface area (Å²) in [5.74, 6) is 2.06. The lowest BCUT2D eigenvalue weighted by molar-refractivity contribution is 0.0964. The van der Waals surface area contributed by atoms with Crippen LogP contribution in [-0.2, 0) is 7.05 Å². The van der Waals surface area contributed by atoms with Crippen LogP contribution in [0.25, 0.3) is 21.8 Å². The fraction of sp³-hybridized carbons (Fsp3) is 0.182. The molecule has 28 heavy (non-hydrogen) atoms. The lowest BCUT2D eigenvalue weighted by Crippen LogP contribution is -2.18. The summed E-state index contributed by atoms with van der Waals surface area (Å²) in [4.78, 5) is 16.7. The largest absolute Gasteiger partial charge is 0.497 e. The minimum atomic E-state index is -0.0918. The average molecular weight is 375 g/mol. The van der Waals surface area contributed by atoms with E-state index in [2.05, 4.69) is 10.3 Å². The summed E-state index contributed by atoms with van der Waals surface area (Å²) >= 11 is 0. The van der Waals surface area contributed by atoms with Crippen LogP contribution in [0.15, 0.2) is 48.7 Å². The second-order valence-corrected chi connectivity index (χ2v) is 6.57. The van der Waals surface area contributed by atoms with Crippen molar-refractivity contribution in [3.05, 3.63) is 59.9 Å². The molecule has 1 N–H and O–H groups in total. The molecule has 1 amide bonds. The molecule has 2 aromatic carbocycles. The Kier molecular flexibility index (Phi) is 4.39. The zero-order valence-corrected chi connectivity index (χ0v) is 16.2. The van der Waals surface area contributed by atoms with Crippen molar-refractivity contribution in [2.75, 3.05) is 14.2 Å².